The van der Waals surface area contributed by atoms with Crippen molar-refractivity contribution in [2.24, 2.45) is 0 Å². The number of nitrogens with one attached hydrogen (secondary N) is 2. The summed E-state index contributed by atoms with van der Waals surface area (Å²) in [5.41, 5.74) is 0. The molecule has 1 atom stereocenters. The fraction of sp³-hybridized carbons (Fsp3) is 0.938. The minimum atomic E-state index is 0.162. The number of rotatable bonds is 2. The van der Waals surface area contributed by atoms with Crippen LogP contribution in [0.15, 0.2) is 0 Å². The number of amides is 1. The van der Waals surface area contributed by atoms with Crippen LogP contribution in [-0.4, -0.2) is 18.1 Å². The van der Waals surface area contributed by atoms with E-state index in [1.54, 1.807) is 0 Å². The Labute approximate surface area is 118 Å². The summed E-state index contributed by atoms with van der Waals surface area (Å²) in [4.78, 5) is 11.9. The van der Waals surface area contributed by atoms with Crippen molar-refractivity contribution < 1.29 is 4.79 Å². The molecule has 0 aromatic carbocycles. The van der Waals surface area contributed by atoms with E-state index in [9.17, 15) is 4.79 Å². The lowest BCUT2D eigenvalue weighted by atomic mass is 10.0. The van der Waals surface area contributed by atoms with E-state index < -0.39 is 0 Å². The van der Waals surface area contributed by atoms with E-state index in [1.807, 2.05) is 0 Å². The van der Waals surface area contributed by atoms with E-state index in [1.165, 1.54) is 51.4 Å². The quantitative estimate of drug-likeness (QED) is 0.801. The lowest BCUT2D eigenvalue weighted by Crippen LogP contribution is -2.48. The first-order chi connectivity index (χ1) is 9.18. The van der Waals surface area contributed by atoms with Gasteiger partial charge in [-0.25, -0.2) is 0 Å². The van der Waals surface area contributed by atoms with Gasteiger partial charge in [0.05, 0.1) is 6.17 Å². The highest BCUT2D eigenvalue weighted by Gasteiger charge is 2.12. The van der Waals surface area contributed by atoms with Gasteiger partial charge in [0.2, 0.25) is 5.91 Å². The molecule has 0 aliphatic carbocycles. The van der Waals surface area contributed by atoms with E-state index in [0.717, 1.165) is 12.8 Å². The zero-order valence-electron chi connectivity index (χ0n) is 12.8. The van der Waals surface area contributed by atoms with Crippen molar-refractivity contribution in [2.75, 3.05) is 0 Å². The highest BCUT2D eigenvalue weighted by Crippen LogP contribution is 2.13. The third-order valence-corrected chi connectivity index (χ3v) is 3.77. The Bertz CT molecular complexity index is 241. The van der Waals surface area contributed by atoms with Crippen LogP contribution in [0.4, 0.5) is 0 Å². The summed E-state index contributed by atoms with van der Waals surface area (Å²) in [7, 11) is 0. The number of hydrogen-bond donors (Lipinski definition) is 2. The van der Waals surface area contributed by atoms with Gasteiger partial charge < -0.3 is 5.32 Å². The van der Waals surface area contributed by atoms with Gasteiger partial charge in [-0.2, -0.15) is 0 Å². The average Bonchev–Trinajstić information content (AvgIpc) is 2.34. The van der Waals surface area contributed by atoms with Gasteiger partial charge in [0.15, 0.2) is 0 Å². The minimum Gasteiger partial charge on any atom is -0.341 e. The summed E-state index contributed by atoms with van der Waals surface area (Å²) < 4.78 is 0. The second-order valence-electron chi connectivity index (χ2n) is 6.16. The van der Waals surface area contributed by atoms with Crippen molar-refractivity contribution in [2.45, 2.75) is 96.7 Å². The molecule has 1 aliphatic rings. The fourth-order valence-electron chi connectivity index (χ4n) is 2.74. The molecule has 3 nitrogen and oxygen atoms in total. The lowest BCUT2D eigenvalue weighted by molar-refractivity contribution is -0.122. The van der Waals surface area contributed by atoms with Crippen LogP contribution in [-0.2, 0) is 4.79 Å². The SMILES string of the molecule is CC(C)NC1CCCCCCCCCCCC(=O)N1. The Hall–Kier alpha value is -0.570. The van der Waals surface area contributed by atoms with E-state index in [2.05, 4.69) is 24.5 Å². The van der Waals surface area contributed by atoms with Gasteiger partial charge in [0.25, 0.3) is 0 Å². The Morgan fingerprint density at radius 1 is 0.947 bits per heavy atom. The third-order valence-electron chi connectivity index (χ3n) is 3.77. The largest absolute Gasteiger partial charge is 0.341 e. The maximum Gasteiger partial charge on any atom is 0.221 e. The molecule has 112 valence electrons. The molecule has 0 saturated carbocycles. The number of carbonyl (C=O) groups excluding carboxylic acids is 1. The molecular formula is C16H32N2O. The van der Waals surface area contributed by atoms with Crippen molar-refractivity contribution >= 4 is 5.91 Å². The second-order valence-corrected chi connectivity index (χ2v) is 6.16. The minimum absolute atomic E-state index is 0.162. The van der Waals surface area contributed by atoms with Crippen LogP contribution < -0.4 is 10.6 Å². The topological polar surface area (TPSA) is 41.1 Å². The van der Waals surface area contributed by atoms with Crippen LogP contribution >= 0.6 is 0 Å². The smallest absolute Gasteiger partial charge is 0.221 e. The van der Waals surface area contributed by atoms with E-state index in [0.29, 0.717) is 12.5 Å². The summed E-state index contributed by atoms with van der Waals surface area (Å²) in [6, 6.07) is 0.421. The third kappa shape index (κ3) is 9.04. The zero-order chi connectivity index (χ0) is 13.9. The molecule has 1 amide bonds. The fourth-order valence-corrected chi connectivity index (χ4v) is 2.74. The number of carbonyl (C=O) groups is 1. The van der Waals surface area contributed by atoms with Crippen LogP contribution in [0.1, 0.15) is 84.5 Å². The summed E-state index contributed by atoms with van der Waals surface area (Å²) in [6.07, 6.45) is 13.4. The molecule has 1 rings (SSSR count). The van der Waals surface area contributed by atoms with Gasteiger partial charge in [-0.15, -0.1) is 0 Å². The second kappa shape index (κ2) is 10.2. The number of hydrogen-bond acceptors (Lipinski definition) is 2. The monoisotopic (exact) mass is 268 g/mol. The lowest BCUT2D eigenvalue weighted by Gasteiger charge is -2.23. The van der Waals surface area contributed by atoms with Gasteiger partial charge in [0, 0.05) is 12.5 Å². The van der Waals surface area contributed by atoms with Crippen molar-refractivity contribution in [1.82, 2.24) is 10.6 Å². The summed E-state index contributed by atoms with van der Waals surface area (Å²) >= 11 is 0. The van der Waals surface area contributed by atoms with Crippen molar-refractivity contribution in [3.05, 3.63) is 0 Å². The predicted octanol–water partition coefficient (Wildman–Crippen LogP) is 3.73. The zero-order valence-corrected chi connectivity index (χ0v) is 12.8. The van der Waals surface area contributed by atoms with Crippen LogP contribution in [0.25, 0.3) is 0 Å². The molecule has 1 aliphatic heterocycles. The Morgan fingerprint density at radius 2 is 1.47 bits per heavy atom. The maximum absolute atomic E-state index is 11.9. The van der Waals surface area contributed by atoms with Crippen molar-refractivity contribution in [1.29, 1.82) is 0 Å². The van der Waals surface area contributed by atoms with Crippen LogP contribution in [0.3, 0.4) is 0 Å². The highest BCUT2D eigenvalue weighted by atomic mass is 16.1. The first-order valence-corrected chi connectivity index (χ1v) is 8.24. The predicted molar refractivity (Wildman–Crippen MR) is 81.0 cm³/mol. The maximum atomic E-state index is 11.9. The van der Waals surface area contributed by atoms with Crippen molar-refractivity contribution in [3.8, 4) is 0 Å². The Balaban J connectivity index is 2.38. The normalized spacial score (nSPS) is 24.8. The molecule has 3 heteroatoms. The van der Waals surface area contributed by atoms with Gasteiger partial charge in [-0.05, 0) is 26.7 Å². The Morgan fingerprint density at radius 3 is 2.05 bits per heavy atom. The van der Waals surface area contributed by atoms with Crippen molar-refractivity contribution in [3.63, 3.8) is 0 Å². The van der Waals surface area contributed by atoms with E-state index in [-0.39, 0.29) is 12.1 Å². The first-order valence-electron chi connectivity index (χ1n) is 8.24. The first kappa shape index (κ1) is 16.5. The Kier molecular flexibility index (Phi) is 8.89. The molecule has 19 heavy (non-hydrogen) atoms. The van der Waals surface area contributed by atoms with Crippen LogP contribution in [0.5, 0.6) is 0 Å². The van der Waals surface area contributed by atoms with Gasteiger partial charge in [-0.3, -0.25) is 10.1 Å². The molecule has 2 N–H and O–H groups in total. The average molecular weight is 268 g/mol. The molecule has 1 heterocycles. The summed E-state index contributed by atoms with van der Waals surface area (Å²) in [5.74, 6) is 0.218. The summed E-state index contributed by atoms with van der Waals surface area (Å²) in [5, 5.41) is 6.61. The molecule has 0 radical (unpaired) electrons. The summed E-state index contributed by atoms with van der Waals surface area (Å²) in [6.45, 7) is 4.27. The molecule has 1 unspecified atom stereocenters. The molecule has 0 aromatic rings. The molecular weight excluding hydrogens is 236 g/mol. The molecule has 1 fully saturated rings. The highest BCUT2D eigenvalue weighted by molar-refractivity contribution is 5.76. The molecule has 1 saturated heterocycles. The molecule has 0 spiro atoms. The molecule has 0 aromatic heterocycles. The molecule has 0 bridgehead atoms. The van der Waals surface area contributed by atoms with Gasteiger partial charge in [0.1, 0.15) is 0 Å². The van der Waals surface area contributed by atoms with E-state index >= 15 is 0 Å². The van der Waals surface area contributed by atoms with Gasteiger partial charge >= 0.3 is 0 Å². The van der Waals surface area contributed by atoms with Crippen LogP contribution in [0.2, 0.25) is 0 Å². The van der Waals surface area contributed by atoms with Gasteiger partial charge in [-0.1, -0.05) is 51.4 Å². The van der Waals surface area contributed by atoms with Crippen LogP contribution in [0, 0.1) is 0 Å². The standard InChI is InChI=1S/C16H32N2O/c1-14(2)17-15-12-10-8-6-4-3-5-7-9-11-13-16(19)18-15/h14-15,17H,3-13H2,1-2H3,(H,18,19). The van der Waals surface area contributed by atoms with E-state index in [4.69, 9.17) is 0 Å².